The third-order valence-corrected chi connectivity index (χ3v) is 4.23. The Hall–Kier alpha value is -2.70. The number of nitrogens with one attached hydrogen (secondary N) is 1. The van der Waals surface area contributed by atoms with Crippen LogP contribution in [0.2, 0.25) is 0 Å². The lowest BCUT2D eigenvalue weighted by atomic mass is 10.2. The van der Waals surface area contributed by atoms with Gasteiger partial charge in [-0.3, -0.25) is 14.6 Å². The lowest BCUT2D eigenvalue weighted by molar-refractivity contribution is -0.122. The average Bonchev–Trinajstić information content (AvgIpc) is 3.17. The SMILES string of the molecule is O=C(CN1CCN(Cc2ccccc2)CC1)NN=C/C=C/c1ccco1. The molecule has 0 spiro atoms. The van der Waals surface area contributed by atoms with Gasteiger partial charge in [0.05, 0.1) is 12.8 Å². The molecule has 1 fully saturated rings. The summed E-state index contributed by atoms with van der Waals surface area (Å²) in [5, 5.41) is 3.92. The van der Waals surface area contributed by atoms with Gasteiger partial charge in [-0.1, -0.05) is 30.3 Å². The van der Waals surface area contributed by atoms with Gasteiger partial charge < -0.3 is 4.42 Å². The topological polar surface area (TPSA) is 61.1 Å². The summed E-state index contributed by atoms with van der Waals surface area (Å²) in [5.74, 6) is 0.653. The number of amides is 1. The van der Waals surface area contributed by atoms with Crippen LogP contribution in [-0.2, 0) is 11.3 Å². The Balaban J connectivity index is 1.33. The van der Waals surface area contributed by atoms with E-state index in [1.165, 1.54) is 11.8 Å². The van der Waals surface area contributed by atoms with Gasteiger partial charge in [0.2, 0.25) is 0 Å². The van der Waals surface area contributed by atoms with Gasteiger partial charge in [-0.05, 0) is 29.8 Å². The number of allylic oxidation sites excluding steroid dienone is 1. The van der Waals surface area contributed by atoms with E-state index in [0.29, 0.717) is 6.54 Å². The van der Waals surface area contributed by atoms with E-state index in [4.69, 9.17) is 4.42 Å². The van der Waals surface area contributed by atoms with Gasteiger partial charge in [-0.15, -0.1) is 0 Å². The Morgan fingerprint density at radius 3 is 2.58 bits per heavy atom. The largest absolute Gasteiger partial charge is 0.465 e. The van der Waals surface area contributed by atoms with Crippen molar-refractivity contribution < 1.29 is 9.21 Å². The Kier molecular flexibility index (Phi) is 6.75. The third kappa shape index (κ3) is 5.98. The molecular formula is C20H24N4O2. The van der Waals surface area contributed by atoms with E-state index in [1.54, 1.807) is 18.4 Å². The van der Waals surface area contributed by atoms with Crippen molar-refractivity contribution in [1.29, 1.82) is 0 Å². The first kappa shape index (κ1) is 18.1. The fourth-order valence-electron chi connectivity index (χ4n) is 2.86. The second-order valence-corrected chi connectivity index (χ2v) is 6.23. The van der Waals surface area contributed by atoms with Crippen molar-refractivity contribution in [3.8, 4) is 0 Å². The molecule has 6 nitrogen and oxygen atoms in total. The monoisotopic (exact) mass is 352 g/mol. The summed E-state index contributed by atoms with van der Waals surface area (Å²) in [6.07, 6.45) is 6.65. The van der Waals surface area contributed by atoms with Crippen LogP contribution in [-0.4, -0.2) is 54.6 Å². The molecule has 3 rings (SSSR count). The molecule has 136 valence electrons. The summed E-state index contributed by atoms with van der Waals surface area (Å²) in [5.41, 5.74) is 3.88. The number of benzene rings is 1. The van der Waals surface area contributed by atoms with Crippen molar-refractivity contribution in [3.05, 3.63) is 66.1 Å². The number of carbonyl (C=O) groups is 1. The molecule has 2 aromatic rings. The summed E-state index contributed by atoms with van der Waals surface area (Å²) in [7, 11) is 0. The summed E-state index contributed by atoms with van der Waals surface area (Å²) in [6.45, 7) is 5.06. The maximum atomic E-state index is 12.0. The first-order chi connectivity index (χ1) is 12.8. The van der Waals surface area contributed by atoms with E-state index < -0.39 is 0 Å². The lowest BCUT2D eigenvalue weighted by Crippen LogP contribution is -2.48. The predicted molar refractivity (Wildman–Crippen MR) is 103 cm³/mol. The molecular weight excluding hydrogens is 328 g/mol. The molecule has 1 amide bonds. The van der Waals surface area contributed by atoms with Crippen molar-refractivity contribution in [2.24, 2.45) is 5.10 Å². The molecule has 1 aliphatic heterocycles. The minimum Gasteiger partial charge on any atom is -0.465 e. The molecule has 6 heteroatoms. The molecule has 1 aromatic carbocycles. The van der Waals surface area contributed by atoms with Crippen LogP contribution >= 0.6 is 0 Å². The zero-order chi connectivity index (χ0) is 18.0. The molecule has 2 heterocycles. The molecule has 1 aromatic heterocycles. The molecule has 26 heavy (non-hydrogen) atoms. The van der Waals surface area contributed by atoms with E-state index in [0.717, 1.165) is 38.5 Å². The summed E-state index contributed by atoms with van der Waals surface area (Å²) in [4.78, 5) is 16.5. The third-order valence-electron chi connectivity index (χ3n) is 4.23. The minimum absolute atomic E-state index is 0.0934. The maximum absolute atomic E-state index is 12.0. The number of hydrogen-bond donors (Lipinski definition) is 1. The molecule has 1 N–H and O–H groups in total. The second kappa shape index (κ2) is 9.70. The number of hydrazone groups is 1. The first-order valence-electron chi connectivity index (χ1n) is 8.80. The highest BCUT2D eigenvalue weighted by atomic mass is 16.3. The van der Waals surface area contributed by atoms with E-state index in [2.05, 4.69) is 44.6 Å². The van der Waals surface area contributed by atoms with Gasteiger partial charge in [0.15, 0.2) is 0 Å². The highest BCUT2D eigenvalue weighted by Gasteiger charge is 2.18. The molecule has 0 bridgehead atoms. The molecule has 0 radical (unpaired) electrons. The van der Waals surface area contributed by atoms with Gasteiger partial charge in [-0.2, -0.15) is 5.10 Å². The van der Waals surface area contributed by atoms with Gasteiger partial charge in [0.25, 0.3) is 5.91 Å². The molecule has 1 saturated heterocycles. The number of carbonyl (C=O) groups excluding carboxylic acids is 1. The highest BCUT2D eigenvalue weighted by Crippen LogP contribution is 2.08. The van der Waals surface area contributed by atoms with Gasteiger partial charge in [-0.25, -0.2) is 5.43 Å². The predicted octanol–water partition coefficient (Wildman–Crippen LogP) is 2.21. The Labute approximate surface area is 153 Å². The summed E-state index contributed by atoms with van der Waals surface area (Å²) < 4.78 is 5.16. The fraction of sp³-hybridized carbons (Fsp3) is 0.300. The highest BCUT2D eigenvalue weighted by molar-refractivity contribution is 5.81. The van der Waals surface area contributed by atoms with Gasteiger partial charge in [0, 0.05) is 38.9 Å². The lowest BCUT2D eigenvalue weighted by Gasteiger charge is -2.34. The molecule has 0 aliphatic carbocycles. The van der Waals surface area contributed by atoms with Crippen molar-refractivity contribution in [2.45, 2.75) is 6.54 Å². The zero-order valence-electron chi connectivity index (χ0n) is 14.8. The maximum Gasteiger partial charge on any atom is 0.254 e. The van der Waals surface area contributed by atoms with Crippen molar-refractivity contribution in [2.75, 3.05) is 32.7 Å². The van der Waals surface area contributed by atoms with Crippen molar-refractivity contribution in [3.63, 3.8) is 0 Å². The van der Waals surface area contributed by atoms with Gasteiger partial charge in [0.1, 0.15) is 5.76 Å². The average molecular weight is 352 g/mol. The molecule has 0 atom stereocenters. The fourth-order valence-corrected chi connectivity index (χ4v) is 2.86. The smallest absolute Gasteiger partial charge is 0.254 e. The van der Waals surface area contributed by atoms with Crippen LogP contribution in [0.25, 0.3) is 6.08 Å². The molecule has 1 aliphatic rings. The van der Waals surface area contributed by atoms with E-state index in [-0.39, 0.29) is 5.91 Å². The van der Waals surface area contributed by atoms with E-state index in [9.17, 15) is 4.79 Å². The van der Waals surface area contributed by atoms with Crippen LogP contribution in [0.1, 0.15) is 11.3 Å². The Morgan fingerprint density at radius 2 is 1.85 bits per heavy atom. The number of nitrogens with zero attached hydrogens (tertiary/aromatic N) is 3. The standard InChI is InChI=1S/C20H24N4O2/c25-20(22-21-10-4-8-19-9-5-15-26-19)17-24-13-11-23(12-14-24)16-18-6-2-1-3-7-18/h1-10,15H,11-14,16-17H2,(H,22,25)/b8-4+,21-10?. The normalized spacial score (nSPS) is 16.5. The van der Waals surface area contributed by atoms with Crippen LogP contribution in [0.5, 0.6) is 0 Å². The summed E-state index contributed by atoms with van der Waals surface area (Å²) in [6, 6.07) is 14.1. The number of piperazine rings is 1. The first-order valence-corrected chi connectivity index (χ1v) is 8.80. The Bertz CT molecular complexity index is 718. The van der Waals surface area contributed by atoms with Crippen LogP contribution in [0.15, 0.2) is 64.3 Å². The number of rotatable bonds is 7. The molecule has 0 saturated carbocycles. The Morgan fingerprint density at radius 1 is 1.08 bits per heavy atom. The van der Waals surface area contributed by atoms with Crippen LogP contribution in [0.4, 0.5) is 0 Å². The van der Waals surface area contributed by atoms with Gasteiger partial charge >= 0.3 is 0 Å². The minimum atomic E-state index is -0.0934. The molecule has 0 unspecified atom stereocenters. The second-order valence-electron chi connectivity index (χ2n) is 6.23. The number of furan rings is 1. The van der Waals surface area contributed by atoms with Crippen molar-refractivity contribution in [1.82, 2.24) is 15.2 Å². The van der Waals surface area contributed by atoms with E-state index in [1.807, 2.05) is 18.2 Å². The summed E-state index contributed by atoms with van der Waals surface area (Å²) >= 11 is 0. The van der Waals surface area contributed by atoms with Crippen LogP contribution in [0.3, 0.4) is 0 Å². The van der Waals surface area contributed by atoms with Crippen molar-refractivity contribution >= 4 is 18.2 Å². The van der Waals surface area contributed by atoms with E-state index >= 15 is 0 Å². The zero-order valence-corrected chi connectivity index (χ0v) is 14.8. The van der Waals surface area contributed by atoms with Crippen LogP contribution < -0.4 is 5.43 Å². The van der Waals surface area contributed by atoms with Crippen LogP contribution in [0, 0.1) is 0 Å². The quantitative estimate of drug-likeness (QED) is 0.613. The number of hydrogen-bond acceptors (Lipinski definition) is 5.